The Morgan fingerprint density at radius 3 is 2.80 bits per heavy atom. The van der Waals surface area contributed by atoms with E-state index < -0.39 is 11.9 Å². The molecular weight excluding hydrogens is 262 g/mol. The number of para-hydroxylation sites is 1. The average molecular weight is 279 g/mol. The van der Waals surface area contributed by atoms with E-state index in [1.165, 1.54) is 4.90 Å². The minimum absolute atomic E-state index is 0.0793. The number of carbonyl (C=O) groups excluding carboxylic acids is 1. The van der Waals surface area contributed by atoms with Crippen LogP contribution in [0.2, 0.25) is 0 Å². The van der Waals surface area contributed by atoms with E-state index in [2.05, 4.69) is 0 Å². The van der Waals surface area contributed by atoms with Gasteiger partial charge in [-0.2, -0.15) is 0 Å². The van der Waals surface area contributed by atoms with Crippen molar-refractivity contribution in [2.75, 3.05) is 38.4 Å². The molecule has 1 aromatic carbocycles. The van der Waals surface area contributed by atoms with Crippen LogP contribution < -0.4 is 4.90 Å². The van der Waals surface area contributed by atoms with E-state index in [0.29, 0.717) is 24.5 Å². The summed E-state index contributed by atoms with van der Waals surface area (Å²) in [5, 5.41) is 9.22. The third-order valence-electron chi connectivity index (χ3n) is 3.22. The van der Waals surface area contributed by atoms with Gasteiger partial charge in [0.25, 0.3) is 5.91 Å². The summed E-state index contributed by atoms with van der Waals surface area (Å²) in [5.41, 5.74) is 1.32. The summed E-state index contributed by atoms with van der Waals surface area (Å²) < 4.78 is 10.0. The highest BCUT2D eigenvalue weighted by atomic mass is 16.5. The summed E-state index contributed by atoms with van der Waals surface area (Å²) >= 11 is 0. The van der Waals surface area contributed by atoms with E-state index in [4.69, 9.17) is 9.47 Å². The van der Waals surface area contributed by atoms with Crippen LogP contribution in [-0.2, 0) is 19.1 Å². The molecule has 1 aromatic rings. The summed E-state index contributed by atoms with van der Waals surface area (Å²) in [6.45, 7) is 0.826. The maximum atomic E-state index is 12.1. The van der Waals surface area contributed by atoms with Crippen LogP contribution in [-0.4, -0.2) is 50.5 Å². The number of carboxylic acid groups (broad SMARTS) is 1. The zero-order valence-corrected chi connectivity index (χ0v) is 11.2. The molecule has 108 valence electrons. The lowest BCUT2D eigenvalue weighted by Crippen LogP contribution is -2.34. The van der Waals surface area contributed by atoms with Gasteiger partial charge in [0.1, 0.15) is 12.5 Å². The molecule has 2 rings (SSSR count). The average Bonchev–Trinajstić information content (AvgIpc) is 2.83. The van der Waals surface area contributed by atoms with Crippen LogP contribution in [0.3, 0.4) is 0 Å². The molecule has 0 saturated heterocycles. The van der Waals surface area contributed by atoms with Gasteiger partial charge in [-0.15, -0.1) is 0 Å². The first kappa shape index (κ1) is 14.5. The van der Waals surface area contributed by atoms with Gasteiger partial charge in [-0.25, -0.2) is 0 Å². The van der Waals surface area contributed by atoms with Crippen molar-refractivity contribution in [2.45, 2.75) is 5.92 Å². The number of hydrogen-bond donors (Lipinski definition) is 1. The molecular formula is C14H17NO5. The second-order valence-electron chi connectivity index (χ2n) is 4.50. The van der Waals surface area contributed by atoms with Crippen molar-refractivity contribution in [3.63, 3.8) is 0 Å². The maximum Gasteiger partial charge on any atom is 0.312 e. The van der Waals surface area contributed by atoms with Crippen molar-refractivity contribution in [1.29, 1.82) is 0 Å². The number of hydrogen-bond acceptors (Lipinski definition) is 4. The van der Waals surface area contributed by atoms with Crippen LogP contribution in [0.25, 0.3) is 0 Å². The molecule has 0 fully saturated rings. The van der Waals surface area contributed by atoms with Crippen molar-refractivity contribution in [1.82, 2.24) is 0 Å². The number of benzene rings is 1. The molecule has 0 bridgehead atoms. The Morgan fingerprint density at radius 1 is 1.35 bits per heavy atom. The van der Waals surface area contributed by atoms with Crippen LogP contribution in [0, 0.1) is 0 Å². The van der Waals surface area contributed by atoms with Crippen molar-refractivity contribution in [3.05, 3.63) is 29.8 Å². The molecule has 1 aliphatic heterocycles. The highest BCUT2D eigenvalue weighted by Crippen LogP contribution is 2.36. The van der Waals surface area contributed by atoms with E-state index >= 15 is 0 Å². The second kappa shape index (κ2) is 6.49. The number of carboxylic acids is 1. The SMILES string of the molecule is COCCOCC(=O)N1CC(C(=O)O)c2ccccc21. The van der Waals surface area contributed by atoms with E-state index in [0.717, 1.165) is 0 Å². The Bertz CT molecular complexity index is 502. The van der Waals surface area contributed by atoms with Gasteiger partial charge >= 0.3 is 5.97 Å². The van der Waals surface area contributed by atoms with Crippen LogP contribution in [0.15, 0.2) is 24.3 Å². The molecule has 1 heterocycles. The second-order valence-corrected chi connectivity index (χ2v) is 4.50. The third-order valence-corrected chi connectivity index (χ3v) is 3.22. The Hall–Kier alpha value is -1.92. The smallest absolute Gasteiger partial charge is 0.312 e. The van der Waals surface area contributed by atoms with Crippen molar-refractivity contribution < 1.29 is 24.2 Å². The molecule has 0 spiro atoms. The Morgan fingerprint density at radius 2 is 2.10 bits per heavy atom. The fourth-order valence-electron chi connectivity index (χ4n) is 2.23. The molecule has 0 aliphatic carbocycles. The number of aliphatic carboxylic acids is 1. The van der Waals surface area contributed by atoms with Gasteiger partial charge in [0.05, 0.1) is 13.2 Å². The van der Waals surface area contributed by atoms with E-state index in [1.54, 1.807) is 31.4 Å². The molecule has 1 atom stereocenters. The van der Waals surface area contributed by atoms with Crippen LogP contribution in [0.1, 0.15) is 11.5 Å². The van der Waals surface area contributed by atoms with Gasteiger partial charge in [-0.1, -0.05) is 18.2 Å². The maximum absolute atomic E-state index is 12.1. The summed E-state index contributed by atoms with van der Waals surface area (Å²) in [6.07, 6.45) is 0. The topological polar surface area (TPSA) is 76.1 Å². The van der Waals surface area contributed by atoms with Crippen LogP contribution in [0.4, 0.5) is 5.69 Å². The van der Waals surface area contributed by atoms with Gasteiger partial charge in [0.2, 0.25) is 0 Å². The highest BCUT2D eigenvalue weighted by Gasteiger charge is 2.36. The van der Waals surface area contributed by atoms with E-state index in [-0.39, 0.29) is 19.1 Å². The number of carbonyl (C=O) groups is 2. The lowest BCUT2D eigenvalue weighted by Gasteiger charge is -2.17. The monoisotopic (exact) mass is 279 g/mol. The van der Waals surface area contributed by atoms with Gasteiger partial charge < -0.3 is 19.5 Å². The summed E-state index contributed by atoms with van der Waals surface area (Å²) in [4.78, 5) is 24.8. The van der Waals surface area contributed by atoms with Gasteiger partial charge in [-0.3, -0.25) is 9.59 Å². The predicted octanol–water partition coefficient (Wildman–Crippen LogP) is 0.864. The predicted molar refractivity (Wildman–Crippen MR) is 71.9 cm³/mol. The van der Waals surface area contributed by atoms with Crippen LogP contribution >= 0.6 is 0 Å². The zero-order chi connectivity index (χ0) is 14.5. The van der Waals surface area contributed by atoms with Gasteiger partial charge in [0, 0.05) is 19.3 Å². The van der Waals surface area contributed by atoms with Crippen molar-refractivity contribution >= 4 is 17.6 Å². The Kier molecular flexibility index (Phi) is 4.70. The molecule has 6 heteroatoms. The number of methoxy groups -OCH3 is 1. The van der Waals surface area contributed by atoms with Gasteiger partial charge in [-0.05, 0) is 11.6 Å². The number of ether oxygens (including phenoxy) is 2. The highest BCUT2D eigenvalue weighted by molar-refractivity contribution is 5.99. The summed E-state index contributed by atoms with van der Waals surface area (Å²) in [7, 11) is 1.55. The number of nitrogens with zero attached hydrogens (tertiary/aromatic N) is 1. The molecule has 0 radical (unpaired) electrons. The normalized spacial score (nSPS) is 17.1. The number of amides is 1. The summed E-state index contributed by atoms with van der Waals surface area (Å²) in [6, 6.07) is 7.06. The minimum atomic E-state index is -0.923. The Labute approximate surface area is 116 Å². The van der Waals surface area contributed by atoms with Gasteiger partial charge in [0.15, 0.2) is 0 Å². The number of anilines is 1. The fraction of sp³-hybridized carbons (Fsp3) is 0.429. The van der Waals surface area contributed by atoms with Crippen LogP contribution in [0.5, 0.6) is 0 Å². The van der Waals surface area contributed by atoms with Crippen molar-refractivity contribution in [2.24, 2.45) is 0 Å². The lowest BCUT2D eigenvalue weighted by molar-refractivity contribution is -0.138. The molecule has 0 saturated carbocycles. The Balaban J connectivity index is 2.06. The van der Waals surface area contributed by atoms with E-state index in [9.17, 15) is 14.7 Å². The largest absolute Gasteiger partial charge is 0.481 e. The summed E-state index contributed by atoms with van der Waals surface area (Å²) in [5.74, 6) is -1.83. The number of fused-ring (bicyclic) bond motifs is 1. The van der Waals surface area contributed by atoms with Crippen molar-refractivity contribution in [3.8, 4) is 0 Å². The quantitative estimate of drug-likeness (QED) is 0.782. The van der Waals surface area contributed by atoms with E-state index in [1.807, 2.05) is 0 Å². The number of rotatable bonds is 6. The minimum Gasteiger partial charge on any atom is -0.481 e. The fourth-order valence-corrected chi connectivity index (χ4v) is 2.23. The third kappa shape index (κ3) is 2.97. The molecule has 1 N–H and O–H groups in total. The standard InChI is InChI=1S/C14H17NO5/c1-19-6-7-20-9-13(16)15-8-11(14(17)18)10-4-2-3-5-12(10)15/h2-5,11H,6-9H2,1H3,(H,17,18). The molecule has 1 unspecified atom stereocenters. The molecule has 20 heavy (non-hydrogen) atoms. The first-order valence-corrected chi connectivity index (χ1v) is 6.34. The first-order chi connectivity index (χ1) is 9.65. The molecule has 1 amide bonds. The lowest BCUT2D eigenvalue weighted by atomic mass is 10.0. The first-order valence-electron chi connectivity index (χ1n) is 6.34. The molecule has 0 aromatic heterocycles. The molecule has 6 nitrogen and oxygen atoms in total. The molecule has 1 aliphatic rings. The zero-order valence-electron chi connectivity index (χ0n) is 11.2.